The maximum Gasteiger partial charge on any atom is 0.415 e. The normalized spacial score (nSPS) is 21.9. The van der Waals surface area contributed by atoms with Crippen LogP contribution < -0.4 is 4.90 Å². The monoisotopic (exact) mass is 193 g/mol. The van der Waals surface area contributed by atoms with E-state index in [1.807, 2.05) is 6.92 Å². The van der Waals surface area contributed by atoms with E-state index >= 15 is 0 Å². The number of carbonyl (C=O) groups excluding carboxylic acids is 1. The van der Waals surface area contributed by atoms with Crippen LogP contribution in [-0.2, 0) is 4.74 Å². The third-order valence-electron chi connectivity index (χ3n) is 2.19. The summed E-state index contributed by atoms with van der Waals surface area (Å²) in [5, 5.41) is 0. The fraction of sp³-hybridized carbons (Fsp3) is 0.444. The van der Waals surface area contributed by atoms with Crippen LogP contribution in [0.15, 0.2) is 18.6 Å². The largest absolute Gasteiger partial charge is 0.449 e. The van der Waals surface area contributed by atoms with Crippen LogP contribution in [0.1, 0.15) is 13.3 Å². The molecule has 1 amide bonds. The molecule has 1 unspecified atom stereocenters. The van der Waals surface area contributed by atoms with E-state index in [1.54, 1.807) is 18.6 Å². The molecule has 5 nitrogen and oxygen atoms in total. The molecule has 2 heterocycles. The zero-order valence-corrected chi connectivity index (χ0v) is 7.88. The summed E-state index contributed by atoms with van der Waals surface area (Å²) in [5.74, 6) is 0.546. The number of cyclic esters (lactones) is 1. The highest BCUT2D eigenvalue weighted by molar-refractivity contribution is 5.87. The van der Waals surface area contributed by atoms with Crippen molar-refractivity contribution in [2.45, 2.75) is 19.4 Å². The SMILES string of the molecule is CC1CCOC(=O)N1c1cnccn1. The zero-order valence-electron chi connectivity index (χ0n) is 7.88. The zero-order chi connectivity index (χ0) is 9.97. The van der Waals surface area contributed by atoms with E-state index in [1.165, 1.54) is 4.90 Å². The van der Waals surface area contributed by atoms with Crippen LogP contribution >= 0.6 is 0 Å². The van der Waals surface area contributed by atoms with Gasteiger partial charge in [-0.05, 0) is 6.92 Å². The minimum absolute atomic E-state index is 0.118. The van der Waals surface area contributed by atoms with Gasteiger partial charge in [-0.2, -0.15) is 0 Å². The predicted octanol–water partition coefficient (Wildman–Crippen LogP) is 1.21. The Morgan fingerprint density at radius 3 is 3.07 bits per heavy atom. The Bertz CT molecular complexity index is 328. The molecule has 5 heteroatoms. The van der Waals surface area contributed by atoms with Crippen LogP contribution in [0.25, 0.3) is 0 Å². The van der Waals surface area contributed by atoms with Crippen molar-refractivity contribution < 1.29 is 9.53 Å². The van der Waals surface area contributed by atoms with Gasteiger partial charge in [0.25, 0.3) is 0 Å². The van der Waals surface area contributed by atoms with Crippen molar-refractivity contribution in [3.63, 3.8) is 0 Å². The molecule has 1 aromatic rings. The number of anilines is 1. The molecular formula is C9H11N3O2. The van der Waals surface area contributed by atoms with Crippen molar-refractivity contribution in [3.8, 4) is 0 Å². The lowest BCUT2D eigenvalue weighted by Crippen LogP contribution is -2.44. The molecule has 74 valence electrons. The first-order chi connectivity index (χ1) is 6.79. The van der Waals surface area contributed by atoms with Gasteiger partial charge in [-0.15, -0.1) is 0 Å². The average molecular weight is 193 g/mol. The van der Waals surface area contributed by atoms with Crippen molar-refractivity contribution >= 4 is 11.9 Å². The van der Waals surface area contributed by atoms with Crippen molar-refractivity contribution in [3.05, 3.63) is 18.6 Å². The molecule has 2 rings (SSSR count). The molecule has 1 fully saturated rings. The van der Waals surface area contributed by atoms with Gasteiger partial charge in [0.05, 0.1) is 12.8 Å². The summed E-state index contributed by atoms with van der Waals surface area (Å²) < 4.78 is 4.93. The van der Waals surface area contributed by atoms with Gasteiger partial charge < -0.3 is 4.74 Å². The first kappa shape index (κ1) is 8.93. The predicted molar refractivity (Wildman–Crippen MR) is 49.9 cm³/mol. The highest BCUT2D eigenvalue weighted by Gasteiger charge is 2.28. The highest BCUT2D eigenvalue weighted by Crippen LogP contribution is 2.19. The lowest BCUT2D eigenvalue weighted by Gasteiger charge is -2.31. The number of aromatic nitrogens is 2. The molecule has 1 aromatic heterocycles. The molecule has 0 aliphatic carbocycles. The number of amides is 1. The Hall–Kier alpha value is -1.65. The fourth-order valence-corrected chi connectivity index (χ4v) is 1.43. The Balaban J connectivity index is 2.27. The van der Waals surface area contributed by atoms with E-state index < -0.39 is 0 Å². The van der Waals surface area contributed by atoms with Crippen LogP contribution in [0, 0.1) is 0 Å². The van der Waals surface area contributed by atoms with Gasteiger partial charge in [0.15, 0.2) is 5.82 Å². The lowest BCUT2D eigenvalue weighted by molar-refractivity contribution is 0.131. The minimum atomic E-state index is -0.343. The Morgan fingerprint density at radius 2 is 2.43 bits per heavy atom. The summed E-state index contributed by atoms with van der Waals surface area (Å²) in [6, 6.07) is 0.118. The van der Waals surface area contributed by atoms with Crippen molar-refractivity contribution in [1.29, 1.82) is 0 Å². The quantitative estimate of drug-likeness (QED) is 0.672. The van der Waals surface area contributed by atoms with E-state index in [9.17, 15) is 4.79 Å². The Morgan fingerprint density at radius 1 is 1.57 bits per heavy atom. The van der Waals surface area contributed by atoms with Crippen molar-refractivity contribution in [2.75, 3.05) is 11.5 Å². The first-order valence-electron chi connectivity index (χ1n) is 4.51. The first-order valence-corrected chi connectivity index (χ1v) is 4.51. The van der Waals surface area contributed by atoms with Gasteiger partial charge in [0.2, 0.25) is 0 Å². The summed E-state index contributed by atoms with van der Waals surface area (Å²) in [7, 11) is 0. The van der Waals surface area contributed by atoms with Crippen LogP contribution in [0.2, 0.25) is 0 Å². The topological polar surface area (TPSA) is 55.3 Å². The molecular weight excluding hydrogens is 182 g/mol. The molecule has 0 saturated carbocycles. The third-order valence-corrected chi connectivity index (χ3v) is 2.19. The van der Waals surface area contributed by atoms with Crippen molar-refractivity contribution in [2.24, 2.45) is 0 Å². The second-order valence-corrected chi connectivity index (χ2v) is 3.19. The molecule has 0 bridgehead atoms. The molecule has 1 saturated heterocycles. The van der Waals surface area contributed by atoms with Gasteiger partial charge in [-0.3, -0.25) is 9.88 Å². The van der Waals surface area contributed by atoms with E-state index in [0.717, 1.165) is 6.42 Å². The molecule has 0 N–H and O–H groups in total. The summed E-state index contributed by atoms with van der Waals surface area (Å²) in [6.07, 6.45) is 5.17. The number of hydrogen-bond donors (Lipinski definition) is 0. The summed E-state index contributed by atoms with van der Waals surface area (Å²) in [4.78, 5) is 20.9. The van der Waals surface area contributed by atoms with E-state index in [2.05, 4.69) is 9.97 Å². The second kappa shape index (κ2) is 3.61. The fourth-order valence-electron chi connectivity index (χ4n) is 1.43. The number of carbonyl (C=O) groups is 1. The minimum Gasteiger partial charge on any atom is -0.449 e. The Labute approximate surface area is 81.7 Å². The maximum absolute atomic E-state index is 11.4. The van der Waals surface area contributed by atoms with Gasteiger partial charge in [-0.25, -0.2) is 9.78 Å². The molecule has 0 spiro atoms. The standard InChI is InChI=1S/C9H11N3O2/c1-7-2-5-14-9(13)12(7)8-6-10-3-4-11-8/h3-4,6-7H,2,5H2,1H3. The number of rotatable bonds is 1. The second-order valence-electron chi connectivity index (χ2n) is 3.19. The van der Waals surface area contributed by atoms with Crippen LogP contribution in [0.5, 0.6) is 0 Å². The summed E-state index contributed by atoms with van der Waals surface area (Å²) in [5.41, 5.74) is 0. The van der Waals surface area contributed by atoms with E-state index in [4.69, 9.17) is 4.74 Å². The smallest absolute Gasteiger partial charge is 0.415 e. The van der Waals surface area contributed by atoms with Crippen LogP contribution in [0.3, 0.4) is 0 Å². The van der Waals surface area contributed by atoms with E-state index in [-0.39, 0.29) is 12.1 Å². The molecule has 1 aliphatic rings. The Kier molecular flexibility index (Phi) is 2.30. The molecule has 14 heavy (non-hydrogen) atoms. The number of hydrogen-bond acceptors (Lipinski definition) is 4. The molecule has 0 aromatic carbocycles. The van der Waals surface area contributed by atoms with Gasteiger partial charge in [0, 0.05) is 24.9 Å². The number of ether oxygens (including phenoxy) is 1. The van der Waals surface area contributed by atoms with E-state index in [0.29, 0.717) is 12.4 Å². The molecule has 1 atom stereocenters. The molecule has 1 aliphatic heterocycles. The van der Waals surface area contributed by atoms with Crippen molar-refractivity contribution in [1.82, 2.24) is 9.97 Å². The van der Waals surface area contributed by atoms with Gasteiger partial charge >= 0.3 is 6.09 Å². The average Bonchev–Trinajstić information content (AvgIpc) is 2.19. The highest BCUT2D eigenvalue weighted by atomic mass is 16.6. The summed E-state index contributed by atoms with van der Waals surface area (Å²) >= 11 is 0. The van der Waals surface area contributed by atoms with Crippen LogP contribution in [0.4, 0.5) is 10.6 Å². The number of nitrogens with zero attached hydrogens (tertiary/aromatic N) is 3. The lowest BCUT2D eigenvalue weighted by atomic mass is 10.2. The molecule has 0 radical (unpaired) electrons. The third kappa shape index (κ3) is 1.53. The van der Waals surface area contributed by atoms with Gasteiger partial charge in [-0.1, -0.05) is 0 Å². The van der Waals surface area contributed by atoms with Crippen LogP contribution in [-0.4, -0.2) is 28.7 Å². The summed E-state index contributed by atoms with van der Waals surface area (Å²) in [6.45, 7) is 2.45. The van der Waals surface area contributed by atoms with Gasteiger partial charge in [0.1, 0.15) is 0 Å². The maximum atomic E-state index is 11.4.